The van der Waals surface area contributed by atoms with Crippen LogP contribution in [0.25, 0.3) is 0 Å². The Morgan fingerprint density at radius 3 is 3.00 bits per heavy atom. The third kappa shape index (κ3) is 2.72. The molecule has 0 aromatic carbocycles. The molecule has 1 saturated heterocycles. The number of ether oxygens (including phenoxy) is 1. The molecule has 1 aliphatic heterocycles. The maximum Gasteiger partial charge on any atom is 0.185 e. The van der Waals surface area contributed by atoms with Gasteiger partial charge in [0.2, 0.25) is 0 Å². The van der Waals surface area contributed by atoms with Crippen molar-refractivity contribution in [1.82, 2.24) is 10.3 Å². The molecule has 2 heterocycles. The molecule has 0 amide bonds. The van der Waals surface area contributed by atoms with Crippen molar-refractivity contribution < 1.29 is 4.74 Å². The van der Waals surface area contributed by atoms with Gasteiger partial charge in [-0.3, -0.25) is 0 Å². The van der Waals surface area contributed by atoms with E-state index in [1.807, 2.05) is 19.0 Å². The summed E-state index contributed by atoms with van der Waals surface area (Å²) in [5.74, 6) is 0. The molecule has 5 heteroatoms. The number of hydrogen-bond donors (Lipinski definition) is 1. The summed E-state index contributed by atoms with van der Waals surface area (Å²) in [5.41, 5.74) is 1.12. The second kappa shape index (κ2) is 5.12. The summed E-state index contributed by atoms with van der Waals surface area (Å²) >= 11 is 1.68. The third-order valence-electron chi connectivity index (χ3n) is 2.84. The van der Waals surface area contributed by atoms with Crippen LogP contribution in [0.2, 0.25) is 0 Å². The summed E-state index contributed by atoms with van der Waals surface area (Å²) in [4.78, 5) is 6.57. The first-order chi connectivity index (χ1) is 7.66. The first-order valence-corrected chi connectivity index (χ1v) is 6.51. The minimum Gasteiger partial charge on any atom is -0.377 e. The Balaban J connectivity index is 1.84. The maximum atomic E-state index is 5.51. The molecule has 1 N–H and O–H groups in total. The van der Waals surface area contributed by atoms with E-state index < -0.39 is 0 Å². The highest BCUT2D eigenvalue weighted by Gasteiger charge is 2.23. The molecule has 0 spiro atoms. The Morgan fingerprint density at radius 2 is 2.44 bits per heavy atom. The van der Waals surface area contributed by atoms with Gasteiger partial charge >= 0.3 is 0 Å². The number of nitrogens with one attached hydrogen (secondary N) is 1. The molecule has 2 atom stereocenters. The summed E-state index contributed by atoms with van der Waals surface area (Å²) in [6, 6.07) is 0.476. The summed E-state index contributed by atoms with van der Waals surface area (Å²) in [7, 11) is 4.03. The van der Waals surface area contributed by atoms with Crippen LogP contribution in [0.4, 0.5) is 5.13 Å². The fourth-order valence-electron chi connectivity index (χ4n) is 1.82. The lowest BCUT2D eigenvalue weighted by Gasteiger charge is -2.14. The molecular weight excluding hydrogens is 222 g/mol. The van der Waals surface area contributed by atoms with Crippen LogP contribution in [-0.4, -0.2) is 37.8 Å². The zero-order chi connectivity index (χ0) is 11.5. The van der Waals surface area contributed by atoms with E-state index in [1.54, 1.807) is 11.3 Å². The molecule has 0 saturated carbocycles. The van der Waals surface area contributed by atoms with Gasteiger partial charge < -0.3 is 15.0 Å². The van der Waals surface area contributed by atoms with Gasteiger partial charge in [0.05, 0.1) is 11.8 Å². The highest BCUT2D eigenvalue weighted by molar-refractivity contribution is 7.13. The standard InChI is InChI=1S/C11H19N3OS/c1-8-10(4-5-15-8)12-6-9-7-16-11(13-9)14(2)3/h7-8,10,12H,4-6H2,1-3H3. The Bertz CT molecular complexity index is 340. The summed E-state index contributed by atoms with van der Waals surface area (Å²) in [6.45, 7) is 3.83. The highest BCUT2D eigenvalue weighted by atomic mass is 32.1. The molecule has 1 aromatic rings. The number of rotatable bonds is 4. The fourth-order valence-corrected chi connectivity index (χ4v) is 2.58. The quantitative estimate of drug-likeness (QED) is 0.866. The number of aromatic nitrogens is 1. The molecule has 0 bridgehead atoms. The topological polar surface area (TPSA) is 37.4 Å². The molecule has 1 fully saturated rings. The van der Waals surface area contributed by atoms with Crippen LogP contribution in [0.15, 0.2) is 5.38 Å². The van der Waals surface area contributed by atoms with Crippen LogP contribution < -0.4 is 10.2 Å². The summed E-state index contributed by atoms with van der Waals surface area (Å²) in [5, 5.41) is 6.68. The normalized spacial score (nSPS) is 24.9. The number of hydrogen-bond acceptors (Lipinski definition) is 5. The van der Waals surface area contributed by atoms with Gasteiger partial charge in [0, 0.05) is 38.7 Å². The average Bonchev–Trinajstić information content (AvgIpc) is 2.83. The molecule has 4 nitrogen and oxygen atoms in total. The number of nitrogens with zero attached hydrogens (tertiary/aromatic N) is 2. The van der Waals surface area contributed by atoms with Gasteiger partial charge in [-0.15, -0.1) is 11.3 Å². The van der Waals surface area contributed by atoms with Crippen molar-refractivity contribution >= 4 is 16.5 Å². The van der Waals surface area contributed by atoms with Crippen LogP contribution in [0.5, 0.6) is 0 Å². The van der Waals surface area contributed by atoms with Gasteiger partial charge in [-0.25, -0.2) is 4.98 Å². The van der Waals surface area contributed by atoms with Gasteiger partial charge in [0.15, 0.2) is 5.13 Å². The molecule has 1 aromatic heterocycles. The SMILES string of the molecule is CC1OCCC1NCc1csc(N(C)C)n1. The lowest BCUT2D eigenvalue weighted by atomic mass is 10.1. The first-order valence-electron chi connectivity index (χ1n) is 5.63. The second-order valence-electron chi connectivity index (χ2n) is 4.37. The number of anilines is 1. The average molecular weight is 241 g/mol. The lowest BCUT2D eigenvalue weighted by Crippen LogP contribution is -2.34. The van der Waals surface area contributed by atoms with Gasteiger partial charge in [-0.1, -0.05) is 0 Å². The predicted octanol–water partition coefficient (Wildman–Crippen LogP) is 1.48. The van der Waals surface area contributed by atoms with Crippen LogP contribution >= 0.6 is 11.3 Å². The third-order valence-corrected chi connectivity index (χ3v) is 3.90. The zero-order valence-electron chi connectivity index (χ0n) is 10.1. The minimum atomic E-state index is 0.326. The van der Waals surface area contributed by atoms with Crippen molar-refractivity contribution in [2.75, 3.05) is 25.6 Å². The van der Waals surface area contributed by atoms with Crippen molar-refractivity contribution in [1.29, 1.82) is 0 Å². The minimum absolute atomic E-state index is 0.326. The maximum absolute atomic E-state index is 5.51. The van der Waals surface area contributed by atoms with E-state index in [9.17, 15) is 0 Å². The zero-order valence-corrected chi connectivity index (χ0v) is 10.9. The molecule has 1 aliphatic rings. The van der Waals surface area contributed by atoms with E-state index in [0.717, 1.165) is 30.4 Å². The van der Waals surface area contributed by atoms with Gasteiger partial charge in [0.25, 0.3) is 0 Å². The smallest absolute Gasteiger partial charge is 0.185 e. The lowest BCUT2D eigenvalue weighted by molar-refractivity contribution is 0.113. The van der Waals surface area contributed by atoms with Gasteiger partial charge in [-0.2, -0.15) is 0 Å². The van der Waals surface area contributed by atoms with Gasteiger partial charge in [-0.05, 0) is 13.3 Å². The Morgan fingerprint density at radius 1 is 1.62 bits per heavy atom. The molecule has 0 radical (unpaired) electrons. The molecule has 2 unspecified atom stereocenters. The monoisotopic (exact) mass is 241 g/mol. The van der Waals surface area contributed by atoms with Gasteiger partial charge in [0.1, 0.15) is 0 Å². The van der Waals surface area contributed by atoms with Crippen molar-refractivity contribution in [3.8, 4) is 0 Å². The van der Waals surface area contributed by atoms with E-state index in [-0.39, 0.29) is 0 Å². The van der Waals surface area contributed by atoms with E-state index in [2.05, 4.69) is 22.6 Å². The van der Waals surface area contributed by atoms with Crippen molar-refractivity contribution in [3.05, 3.63) is 11.1 Å². The Kier molecular flexibility index (Phi) is 3.78. The van der Waals surface area contributed by atoms with E-state index in [4.69, 9.17) is 4.74 Å². The summed E-state index contributed by atoms with van der Waals surface area (Å²) < 4.78 is 5.51. The van der Waals surface area contributed by atoms with E-state index in [1.165, 1.54) is 0 Å². The first kappa shape index (κ1) is 11.8. The van der Waals surface area contributed by atoms with Crippen molar-refractivity contribution in [2.45, 2.75) is 32.0 Å². The van der Waals surface area contributed by atoms with E-state index >= 15 is 0 Å². The predicted molar refractivity (Wildman–Crippen MR) is 67.1 cm³/mol. The van der Waals surface area contributed by atoms with Crippen LogP contribution in [0, 0.1) is 0 Å². The largest absolute Gasteiger partial charge is 0.377 e. The van der Waals surface area contributed by atoms with Crippen LogP contribution in [0.1, 0.15) is 19.0 Å². The number of thiazole rings is 1. The summed E-state index contributed by atoms with van der Waals surface area (Å²) in [6.07, 6.45) is 1.43. The van der Waals surface area contributed by atoms with Crippen LogP contribution in [-0.2, 0) is 11.3 Å². The highest BCUT2D eigenvalue weighted by Crippen LogP contribution is 2.18. The Labute approximate surface area is 101 Å². The molecule has 90 valence electrons. The molecule has 0 aliphatic carbocycles. The van der Waals surface area contributed by atoms with Crippen molar-refractivity contribution in [2.24, 2.45) is 0 Å². The Hall–Kier alpha value is -0.650. The molecule has 2 rings (SSSR count). The second-order valence-corrected chi connectivity index (χ2v) is 5.20. The van der Waals surface area contributed by atoms with Crippen molar-refractivity contribution in [3.63, 3.8) is 0 Å². The van der Waals surface area contributed by atoms with Crippen LogP contribution in [0.3, 0.4) is 0 Å². The molecular formula is C11H19N3OS. The fraction of sp³-hybridized carbons (Fsp3) is 0.727. The molecule has 16 heavy (non-hydrogen) atoms. The van der Waals surface area contributed by atoms with E-state index in [0.29, 0.717) is 12.1 Å².